The van der Waals surface area contributed by atoms with Crippen LogP contribution in [0, 0.1) is 5.41 Å². The first-order valence-corrected chi connectivity index (χ1v) is 7.14. The van der Waals surface area contributed by atoms with E-state index in [1.54, 1.807) is 0 Å². The van der Waals surface area contributed by atoms with E-state index in [0.717, 1.165) is 32.6 Å². The number of hydrogen-bond acceptors (Lipinski definition) is 2. The van der Waals surface area contributed by atoms with Crippen LogP contribution >= 0.6 is 0 Å². The molecule has 2 aliphatic rings. The van der Waals surface area contributed by atoms with E-state index < -0.39 is 0 Å². The molecule has 1 atom stereocenters. The number of guanidine groups is 1. The number of fused-ring (bicyclic) bond motifs is 4. The van der Waals surface area contributed by atoms with Crippen molar-refractivity contribution in [3.63, 3.8) is 0 Å². The number of nitrogens with zero attached hydrogens (tertiary/aromatic N) is 2. The summed E-state index contributed by atoms with van der Waals surface area (Å²) in [4.78, 5) is 8.06. The Morgan fingerprint density at radius 1 is 1.30 bits per heavy atom. The number of H-pyrrole nitrogens is 1. The van der Waals surface area contributed by atoms with Gasteiger partial charge in [0.15, 0.2) is 5.96 Å². The quantitative estimate of drug-likeness (QED) is 0.495. The van der Waals surface area contributed by atoms with Crippen LogP contribution in [0.25, 0.3) is 10.9 Å². The molecule has 2 aromatic rings. The van der Waals surface area contributed by atoms with E-state index >= 15 is 0 Å². The molecule has 4 N–H and O–H groups in total. The molecule has 104 valence electrons. The largest absolute Gasteiger partial charge is 0.370 e. The Kier molecular flexibility index (Phi) is 2.50. The first-order chi connectivity index (χ1) is 9.72. The number of piperazine rings is 1. The third kappa shape index (κ3) is 1.70. The van der Waals surface area contributed by atoms with Crippen molar-refractivity contribution in [2.45, 2.75) is 19.0 Å². The van der Waals surface area contributed by atoms with Crippen LogP contribution in [0.4, 0.5) is 0 Å². The van der Waals surface area contributed by atoms with Gasteiger partial charge in [-0.1, -0.05) is 18.2 Å². The standard InChI is InChI=1S/C15H19N5/c16-15(17)20-6-5-19-9-14-12(7-10(19)8-20)11-3-1-2-4-13(11)18-14/h1-4,10,18H,5-9H2,(H3,16,17). The van der Waals surface area contributed by atoms with Gasteiger partial charge in [0.05, 0.1) is 0 Å². The van der Waals surface area contributed by atoms with E-state index in [2.05, 4.69) is 34.1 Å². The lowest BCUT2D eigenvalue weighted by molar-refractivity contribution is 0.0931. The van der Waals surface area contributed by atoms with Gasteiger partial charge < -0.3 is 15.6 Å². The van der Waals surface area contributed by atoms with Gasteiger partial charge in [-0.3, -0.25) is 10.3 Å². The molecule has 5 nitrogen and oxygen atoms in total. The van der Waals surface area contributed by atoms with Crippen LogP contribution in [0.15, 0.2) is 24.3 Å². The number of hydrogen-bond donors (Lipinski definition) is 3. The van der Waals surface area contributed by atoms with E-state index in [4.69, 9.17) is 11.1 Å². The third-order valence-corrected chi connectivity index (χ3v) is 4.65. The molecule has 1 fully saturated rings. The molecule has 20 heavy (non-hydrogen) atoms. The fourth-order valence-corrected chi connectivity index (χ4v) is 3.58. The zero-order valence-electron chi connectivity index (χ0n) is 11.4. The van der Waals surface area contributed by atoms with Gasteiger partial charge in [0.25, 0.3) is 0 Å². The Labute approximate surface area is 117 Å². The third-order valence-electron chi connectivity index (χ3n) is 4.65. The van der Waals surface area contributed by atoms with E-state index in [-0.39, 0.29) is 5.96 Å². The van der Waals surface area contributed by atoms with Crippen molar-refractivity contribution >= 4 is 16.9 Å². The van der Waals surface area contributed by atoms with Gasteiger partial charge in [0.2, 0.25) is 0 Å². The fraction of sp³-hybridized carbons (Fsp3) is 0.400. The second-order valence-electron chi connectivity index (χ2n) is 5.79. The highest BCUT2D eigenvalue weighted by Gasteiger charge is 2.33. The Hall–Kier alpha value is -2.01. The maximum atomic E-state index is 7.62. The Bertz CT molecular complexity index is 674. The molecular weight excluding hydrogens is 250 g/mol. The normalized spacial score (nSPS) is 22.6. The average molecular weight is 269 g/mol. The van der Waals surface area contributed by atoms with Crippen molar-refractivity contribution in [2.75, 3.05) is 19.6 Å². The van der Waals surface area contributed by atoms with Gasteiger partial charge in [0.1, 0.15) is 0 Å². The molecule has 0 aliphatic carbocycles. The molecule has 0 amide bonds. The lowest BCUT2D eigenvalue weighted by atomic mass is 9.95. The predicted molar refractivity (Wildman–Crippen MR) is 79.7 cm³/mol. The molecule has 1 saturated heterocycles. The van der Waals surface area contributed by atoms with E-state index in [1.165, 1.54) is 22.2 Å². The molecule has 1 unspecified atom stereocenters. The predicted octanol–water partition coefficient (Wildman–Crippen LogP) is 1.10. The number of rotatable bonds is 0. The molecule has 2 aliphatic heterocycles. The summed E-state index contributed by atoms with van der Waals surface area (Å²) < 4.78 is 0. The highest BCUT2D eigenvalue weighted by Crippen LogP contribution is 2.31. The summed E-state index contributed by atoms with van der Waals surface area (Å²) in [6.07, 6.45) is 1.04. The second kappa shape index (κ2) is 4.24. The van der Waals surface area contributed by atoms with E-state index in [1.807, 2.05) is 4.90 Å². The molecule has 0 saturated carbocycles. The molecule has 3 heterocycles. The summed E-state index contributed by atoms with van der Waals surface area (Å²) in [7, 11) is 0. The monoisotopic (exact) mass is 269 g/mol. The maximum Gasteiger partial charge on any atom is 0.188 e. The van der Waals surface area contributed by atoms with Crippen molar-refractivity contribution in [1.29, 1.82) is 5.41 Å². The molecule has 0 radical (unpaired) electrons. The van der Waals surface area contributed by atoms with Crippen molar-refractivity contribution in [3.05, 3.63) is 35.5 Å². The lowest BCUT2D eigenvalue weighted by Crippen LogP contribution is -2.57. The molecule has 0 bridgehead atoms. The Morgan fingerprint density at radius 3 is 3.00 bits per heavy atom. The lowest BCUT2D eigenvalue weighted by Gasteiger charge is -2.44. The zero-order chi connectivity index (χ0) is 13.7. The topological polar surface area (TPSA) is 72.1 Å². The summed E-state index contributed by atoms with van der Waals surface area (Å²) in [5.41, 5.74) is 9.69. The summed E-state index contributed by atoms with van der Waals surface area (Å²) >= 11 is 0. The summed E-state index contributed by atoms with van der Waals surface area (Å²) in [6, 6.07) is 9.00. The van der Waals surface area contributed by atoms with Gasteiger partial charge in [0, 0.05) is 48.8 Å². The number of nitrogens with two attached hydrogens (primary N) is 1. The number of aromatic nitrogens is 1. The van der Waals surface area contributed by atoms with Gasteiger partial charge in [-0.05, 0) is 18.1 Å². The van der Waals surface area contributed by atoms with Crippen LogP contribution in [0.2, 0.25) is 0 Å². The van der Waals surface area contributed by atoms with Gasteiger partial charge in [-0.15, -0.1) is 0 Å². The smallest absolute Gasteiger partial charge is 0.188 e. The summed E-state index contributed by atoms with van der Waals surface area (Å²) in [6.45, 7) is 3.70. The van der Waals surface area contributed by atoms with Crippen LogP contribution in [-0.2, 0) is 13.0 Å². The minimum absolute atomic E-state index is 0.203. The van der Waals surface area contributed by atoms with Gasteiger partial charge >= 0.3 is 0 Å². The van der Waals surface area contributed by atoms with Gasteiger partial charge in [-0.25, -0.2) is 0 Å². The van der Waals surface area contributed by atoms with Crippen LogP contribution in [-0.4, -0.2) is 46.4 Å². The average Bonchev–Trinajstić information content (AvgIpc) is 2.81. The number of para-hydroxylation sites is 1. The number of benzene rings is 1. The summed E-state index contributed by atoms with van der Waals surface area (Å²) in [5, 5.41) is 8.97. The van der Waals surface area contributed by atoms with Crippen LogP contribution in [0.3, 0.4) is 0 Å². The highest BCUT2D eigenvalue weighted by atomic mass is 15.3. The highest BCUT2D eigenvalue weighted by molar-refractivity contribution is 5.85. The fourth-order valence-electron chi connectivity index (χ4n) is 3.58. The van der Waals surface area contributed by atoms with Crippen LogP contribution in [0.5, 0.6) is 0 Å². The zero-order valence-corrected chi connectivity index (χ0v) is 11.4. The maximum absolute atomic E-state index is 7.62. The first-order valence-electron chi connectivity index (χ1n) is 7.14. The molecular formula is C15H19N5. The van der Waals surface area contributed by atoms with E-state index in [9.17, 15) is 0 Å². The molecule has 4 rings (SSSR count). The molecule has 0 spiro atoms. The SMILES string of the molecule is N=C(N)N1CCN2Cc3[nH]c4ccccc4c3CC2C1. The molecule has 1 aromatic heterocycles. The summed E-state index contributed by atoms with van der Waals surface area (Å²) in [5.74, 6) is 0.203. The Balaban J connectivity index is 1.69. The number of nitrogens with one attached hydrogen (secondary N) is 2. The first kappa shape index (κ1) is 11.8. The minimum Gasteiger partial charge on any atom is -0.370 e. The van der Waals surface area contributed by atoms with Crippen molar-refractivity contribution in [3.8, 4) is 0 Å². The Morgan fingerprint density at radius 2 is 2.15 bits per heavy atom. The number of aromatic amines is 1. The molecule has 5 heteroatoms. The van der Waals surface area contributed by atoms with Crippen molar-refractivity contribution in [2.24, 2.45) is 5.73 Å². The van der Waals surface area contributed by atoms with Crippen LogP contribution < -0.4 is 5.73 Å². The second-order valence-corrected chi connectivity index (χ2v) is 5.79. The minimum atomic E-state index is 0.203. The van der Waals surface area contributed by atoms with E-state index in [0.29, 0.717) is 6.04 Å². The van der Waals surface area contributed by atoms with Crippen LogP contribution in [0.1, 0.15) is 11.3 Å². The molecule has 1 aromatic carbocycles. The van der Waals surface area contributed by atoms with Crippen molar-refractivity contribution in [1.82, 2.24) is 14.8 Å². The van der Waals surface area contributed by atoms with Crippen molar-refractivity contribution < 1.29 is 0 Å². The van der Waals surface area contributed by atoms with Gasteiger partial charge in [-0.2, -0.15) is 0 Å².